The van der Waals surface area contributed by atoms with Gasteiger partial charge in [-0.2, -0.15) is 0 Å². The van der Waals surface area contributed by atoms with E-state index in [0.29, 0.717) is 23.9 Å². The zero-order valence-corrected chi connectivity index (χ0v) is 15.3. The molecule has 1 N–H and O–H groups in total. The molecule has 0 fully saturated rings. The highest BCUT2D eigenvalue weighted by Crippen LogP contribution is 2.14. The third-order valence-corrected chi connectivity index (χ3v) is 3.95. The minimum Gasteiger partial charge on any atom is -0.469 e. The number of nitrogens with one attached hydrogen (secondary N) is 1. The lowest BCUT2D eigenvalue weighted by molar-refractivity contribution is -0.140. The van der Waals surface area contributed by atoms with Gasteiger partial charge in [0.15, 0.2) is 0 Å². The summed E-state index contributed by atoms with van der Waals surface area (Å²) in [7, 11) is 1.27. The Hall–Kier alpha value is -3.16. The number of para-hydroxylation sites is 1. The lowest BCUT2D eigenvalue weighted by atomic mass is 10.1. The molecule has 0 saturated heterocycles. The van der Waals surface area contributed by atoms with Crippen molar-refractivity contribution < 1.29 is 23.5 Å². The molecule has 0 unspecified atom stereocenters. The number of hydrogen-bond acceptors (Lipinski definition) is 6. The molecule has 0 aliphatic heterocycles. The highest BCUT2D eigenvalue weighted by atomic mass is 16.5. The Morgan fingerprint density at radius 2 is 1.93 bits per heavy atom. The van der Waals surface area contributed by atoms with Gasteiger partial charge in [0.2, 0.25) is 5.91 Å². The normalized spacial score (nSPS) is 10.4. The van der Waals surface area contributed by atoms with Crippen molar-refractivity contribution in [2.45, 2.75) is 19.8 Å². The number of carbonyl (C=O) groups is 3. The average molecular weight is 374 g/mol. The Morgan fingerprint density at radius 1 is 1.19 bits per heavy atom. The number of ether oxygens (including phenoxy) is 1. The first kappa shape index (κ1) is 20.2. The Labute approximate surface area is 156 Å². The maximum absolute atomic E-state index is 12.9. The summed E-state index contributed by atoms with van der Waals surface area (Å²) in [6.07, 6.45) is 0.479. The minimum absolute atomic E-state index is 0.00128. The SMILES string of the molecule is COC(=O)CCN(CCCNC(C)=O)C(=O)c1cc2ccccc2oc1=O. The number of rotatable bonds is 8. The van der Waals surface area contributed by atoms with E-state index in [2.05, 4.69) is 10.1 Å². The van der Waals surface area contributed by atoms with Gasteiger partial charge in [0, 0.05) is 31.9 Å². The number of carbonyl (C=O) groups excluding carboxylic acids is 3. The summed E-state index contributed by atoms with van der Waals surface area (Å²) in [5.74, 6) is -1.15. The van der Waals surface area contributed by atoms with E-state index in [0.717, 1.165) is 0 Å². The molecule has 8 heteroatoms. The maximum Gasteiger partial charge on any atom is 0.349 e. The molecular formula is C19H22N2O6. The zero-order valence-electron chi connectivity index (χ0n) is 15.3. The fourth-order valence-corrected chi connectivity index (χ4v) is 2.56. The van der Waals surface area contributed by atoms with Gasteiger partial charge in [-0.05, 0) is 18.6 Å². The van der Waals surface area contributed by atoms with Crippen molar-refractivity contribution in [3.05, 3.63) is 46.3 Å². The van der Waals surface area contributed by atoms with Crippen LogP contribution in [0.2, 0.25) is 0 Å². The summed E-state index contributed by atoms with van der Waals surface area (Å²) in [6, 6.07) is 8.39. The molecule has 1 heterocycles. The zero-order chi connectivity index (χ0) is 19.8. The molecule has 0 atom stereocenters. The molecule has 8 nitrogen and oxygen atoms in total. The van der Waals surface area contributed by atoms with Gasteiger partial charge < -0.3 is 19.4 Å². The van der Waals surface area contributed by atoms with Crippen LogP contribution >= 0.6 is 0 Å². The number of esters is 1. The Kier molecular flexibility index (Phi) is 7.10. The first-order chi connectivity index (χ1) is 12.9. The minimum atomic E-state index is -0.733. The summed E-state index contributed by atoms with van der Waals surface area (Å²) >= 11 is 0. The Morgan fingerprint density at radius 3 is 2.63 bits per heavy atom. The molecule has 1 aromatic heterocycles. The van der Waals surface area contributed by atoms with Crippen LogP contribution in [0.1, 0.15) is 30.1 Å². The summed E-state index contributed by atoms with van der Waals surface area (Å²) in [5.41, 5.74) is -0.437. The van der Waals surface area contributed by atoms with E-state index < -0.39 is 17.5 Å². The van der Waals surface area contributed by atoms with Crippen LogP contribution in [0, 0.1) is 0 Å². The first-order valence-electron chi connectivity index (χ1n) is 8.55. The van der Waals surface area contributed by atoms with E-state index >= 15 is 0 Å². The van der Waals surface area contributed by atoms with Gasteiger partial charge >= 0.3 is 11.6 Å². The fourth-order valence-electron chi connectivity index (χ4n) is 2.56. The molecule has 144 valence electrons. The van der Waals surface area contributed by atoms with Gasteiger partial charge in [0.25, 0.3) is 5.91 Å². The average Bonchev–Trinajstić information content (AvgIpc) is 2.65. The van der Waals surface area contributed by atoms with Crippen molar-refractivity contribution in [3.8, 4) is 0 Å². The molecule has 27 heavy (non-hydrogen) atoms. The largest absolute Gasteiger partial charge is 0.469 e. The quantitative estimate of drug-likeness (QED) is 0.424. The molecule has 2 aromatic rings. The van der Waals surface area contributed by atoms with Gasteiger partial charge in [0.1, 0.15) is 11.1 Å². The van der Waals surface area contributed by atoms with Crippen LogP contribution < -0.4 is 10.9 Å². The van der Waals surface area contributed by atoms with E-state index in [1.54, 1.807) is 24.3 Å². The third kappa shape index (κ3) is 5.67. The van der Waals surface area contributed by atoms with Crippen molar-refractivity contribution in [1.82, 2.24) is 10.2 Å². The summed E-state index contributed by atoms with van der Waals surface area (Å²) in [4.78, 5) is 48.9. The Bertz CT molecular complexity index is 889. The summed E-state index contributed by atoms with van der Waals surface area (Å²) in [5, 5.41) is 3.27. The third-order valence-electron chi connectivity index (χ3n) is 3.95. The number of hydrogen-bond donors (Lipinski definition) is 1. The monoisotopic (exact) mass is 374 g/mol. The standard InChI is InChI=1S/C19H22N2O6/c1-13(22)20-9-5-10-21(11-8-17(23)26-2)18(24)15-12-14-6-3-4-7-16(14)27-19(15)25/h3-4,6-7,12H,5,8-11H2,1-2H3,(H,20,22). The molecule has 1 aromatic carbocycles. The van der Waals surface area contributed by atoms with Crippen LogP contribution in [0.25, 0.3) is 11.0 Å². The van der Waals surface area contributed by atoms with Gasteiger partial charge in [0.05, 0.1) is 13.5 Å². The van der Waals surface area contributed by atoms with Crippen LogP contribution in [0.4, 0.5) is 0 Å². The van der Waals surface area contributed by atoms with Crippen LogP contribution in [-0.2, 0) is 14.3 Å². The molecule has 0 bridgehead atoms. The topological polar surface area (TPSA) is 106 Å². The maximum atomic E-state index is 12.9. The van der Waals surface area contributed by atoms with Gasteiger partial charge in [-0.15, -0.1) is 0 Å². The number of amides is 2. The second kappa shape index (κ2) is 9.51. The van der Waals surface area contributed by atoms with Crippen molar-refractivity contribution in [2.24, 2.45) is 0 Å². The lowest BCUT2D eigenvalue weighted by Gasteiger charge is -2.22. The predicted molar refractivity (Wildman–Crippen MR) is 98.3 cm³/mol. The van der Waals surface area contributed by atoms with E-state index in [9.17, 15) is 19.2 Å². The second-order valence-corrected chi connectivity index (χ2v) is 5.94. The van der Waals surface area contributed by atoms with Crippen molar-refractivity contribution >= 4 is 28.8 Å². The van der Waals surface area contributed by atoms with E-state index in [4.69, 9.17) is 4.42 Å². The summed E-state index contributed by atoms with van der Waals surface area (Å²) in [6.45, 7) is 2.14. The molecule has 2 rings (SSSR count). The number of fused-ring (bicyclic) bond motifs is 1. The smallest absolute Gasteiger partial charge is 0.349 e. The Balaban J connectivity index is 2.20. The molecule has 0 saturated carbocycles. The van der Waals surface area contributed by atoms with Crippen LogP contribution in [0.5, 0.6) is 0 Å². The van der Waals surface area contributed by atoms with E-state index in [1.807, 2.05) is 0 Å². The van der Waals surface area contributed by atoms with Crippen LogP contribution in [-0.4, -0.2) is 49.4 Å². The fraction of sp³-hybridized carbons (Fsp3) is 0.368. The molecular weight excluding hydrogens is 352 g/mol. The van der Waals surface area contributed by atoms with Crippen molar-refractivity contribution in [3.63, 3.8) is 0 Å². The van der Waals surface area contributed by atoms with Crippen molar-refractivity contribution in [1.29, 1.82) is 0 Å². The van der Waals surface area contributed by atoms with Gasteiger partial charge in [-0.3, -0.25) is 14.4 Å². The molecule has 0 spiro atoms. The summed E-state index contributed by atoms with van der Waals surface area (Å²) < 4.78 is 9.83. The predicted octanol–water partition coefficient (Wildman–Crippen LogP) is 1.32. The number of nitrogens with zero attached hydrogens (tertiary/aromatic N) is 1. The van der Waals surface area contributed by atoms with E-state index in [-0.39, 0.29) is 31.0 Å². The molecule has 0 aliphatic rings. The van der Waals surface area contributed by atoms with Gasteiger partial charge in [-0.25, -0.2) is 4.79 Å². The second-order valence-electron chi connectivity index (χ2n) is 5.94. The first-order valence-corrected chi connectivity index (χ1v) is 8.55. The van der Waals surface area contributed by atoms with Crippen LogP contribution in [0.15, 0.2) is 39.5 Å². The van der Waals surface area contributed by atoms with Crippen molar-refractivity contribution in [2.75, 3.05) is 26.7 Å². The molecule has 0 radical (unpaired) electrons. The molecule has 0 aliphatic carbocycles. The van der Waals surface area contributed by atoms with E-state index in [1.165, 1.54) is 25.0 Å². The highest BCUT2D eigenvalue weighted by molar-refractivity contribution is 5.96. The lowest BCUT2D eigenvalue weighted by Crippen LogP contribution is -2.37. The number of benzene rings is 1. The highest BCUT2D eigenvalue weighted by Gasteiger charge is 2.21. The van der Waals surface area contributed by atoms with Gasteiger partial charge in [-0.1, -0.05) is 18.2 Å². The molecule has 2 amide bonds. The number of methoxy groups -OCH3 is 1. The van der Waals surface area contributed by atoms with Crippen LogP contribution in [0.3, 0.4) is 0 Å².